The summed E-state index contributed by atoms with van der Waals surface area (Å²) in [6, 6.07) is 0.0989. The molecule has 1 amide bonds. The van der Waals surface area contributed by atoms with E-state index in [0.717, 1.165) is 31.0 Å². The number of hydrogen-bond donors (Lipinski definition) is 2. The molecule has 0 spiro atoms. The number of nitrogens with one attached hydrogen (secondary N) is 2. The van der Waals surface area contributed by atoms with Gasteiger partial charge in [-0.1, -0.05) is 18.3 Å². The minimum Gasteiger partial charge on any atom is -0.378 e. The van der Waals surface area contributed by atoms with Gasteiger partial charge in [-0.05, 0) is 6.42 Å². The van der Waals surface area contributed by atoms with Gasteiger partial charge in [-0.15, -0.1) is 22.6 Å². The molecule has 1 aromatic heterocycles. The molecule has 0 saturated carbocycles. The fourth-order valence-electron chi connectivity index (χ4n) is 1.76. The molecule has 2 rings (SSSR count). The summed E-state index contributed by atoms with van der Waals surface area (Å²) in [5, 5.41) is 15.5. The SMILES string of the molecule is CCCc1nnc(NC(=O)CC2COCCN2)s1.Cl. The average molecular weight is 307 g/mol. The van der Waals surface area contributed by atoms with Crippen molar-refractivity contribution in [1.82, 2.24) is 15.5 Å². The second-order valence-electron chi connectivity index (χ2n) is 4.23. The van der Waals surface area contributed by atoms with Gasteiger partial charge < -0.3 is 15.4 Å². The summed E-state index contributed by atoms with van der Waals surface area (Å²) in [6.07, 6.45) is 2.35. The second kappa shape index (κ2) is 8.42. The van der Waals surface area contributed by atoms with Crippen molar-refractivity contribution in [1.29, 1.82) is 0 Å². The van der Waals surface area contributed by atoms with E-state index in [9.17, 15) is 4.79 Å². The molecule has 1 fully saturated rings. The number of carbonyl (C=O) groups is 1. The van der Waals surface area contributed by atoms with Gasteiger partial charge in [-0.25, -0.2) is 0 Å². The van der Waals surface area contributed by atoms with Crippen LogP contribution in [0.3, 0.4) is 0 Å². The van der Waals surface area contributed by atoms with E-state index >= 15 is 0 Å². The van der Waals surface area contributed by atoms with Crippen LogP contribution in [0.5, 0.6) is 0 Å². The van der Waals surface area contributed by atoms with Gasteiger partial charge in [0.1, 0.15) is 5.01 Å². The van der Waals surface area contributed by atoms with Crippen LogP contribution in [-0.2, 0) is 16.0 Å². The molecule has 19 heavy (non-hydrogen) atoms. The van der Waals surface area contributed by atoms with Crippen molar-refractivity contribution in [3.05, 3.63) is 5.01 Å². The zero-order valence-corrected chi connectivity index (χ0v) is 12.5. The minimum absolute atomic E-state index is 0. The monoisotopic (exact) mass is 306 g/mol. The molecule has 1 aliphatic rings. The number of nitrogens with zero attached hydrogens (tertiary/aromatic N) is 2. The summed E-state index contributed by atoms with van der Waals surface area (Å²) in [6.45, 7) is 4.20. The Morgan fingerprint density at radius 1 is 1.58 bits per heavy atom. The first-order valence-electron chi connectivity index (χ1n) is 6.21. The van der Waals surface area contributed by atoms with Gasteiger partial charge >= 0.3 is 0 Å². The van der Waals surface area contributed by atoms with E-state index in [1.807, 2.05) is 0 Å². The van der Waals surface area contributed by atoms with E-state index in [2.05, 4.69) is 27.8 Å². The zero-order chi connectivity index (χ0) is 12.8. The second-order valence-corrected chi connectivity index (χ2v) is 5.29. The number of aromatic nitrogens is 2. The van der Waals surface area contributed by atoms with Crippen LogP contribution in [0.15, 0.2) is 0 Å². The van der Waals surface area contributed by atoms with E-state index in [1.54, 1.807) is 0 Å². The number of rotatable bonds is 5. The van der Waals surface area contributed by atoms with Crippen LogP contribution in [0, 0.1) is 0 Å². The summed E-state index contributed by atoms with van der Waals surface area (Å²) in [5.74, 6) is -0.0443. The van der Waals surface area contributed by atoms with E-state index in [0.29, 0.717) is 18.2 Å². The molecule has 0 radical (unpaired) electrons. The lowest BCUT2D eigenvalue weighted by Gasteiger charge is -2.22. The molecular weight excluding hydrogens is 288 g/mol. The molecule has 0 aromatic carbocycles. The van der Waals surface area contributed by atoms with E-state index in [1.165, 1.54) is 11.3 Å². The molecule has 1 unspecified atom stereocenters. The Hall–Kier alpha value is -0.760. The van der Waals surface area contributed by atoms with Gasteiger partial charge in [0.15, 0.2) is 0 Å². The number of morpholine rings is 1. The Balaban J connectivity index is 0.00000180. The van der Waals surface area contributed by atoms with E-state index in [4.69, 9.17) is 4.74 Å². The number of ether oxygens (including phenoxy) is 1. The molecule has 1 aromatic rings. The maximum Gasteiger partial charge on any atom is 0.227 e. The largest absolute Gasteiger partial charge is 0.378 e. The molecule has 2 N–H and O–H groups in total. The van der Waals surface area contributed by atoms with Crippen molar-refractivity contribution < 1.29 is 9.53 Å². The van der Waals surface area contributed by atoms with Gasteiger partial charge in [0.25, 0.3) is 0 Å². The van der Waals surface area contributed by atoms with Gasteiger partial charge in [-0.2, -0.15) is 0 Å². The van der Waals surface area contributed by atoms with Crippen LogP contribution < -0.4 is 10.6 Å². The predicted octanol–water partition coefficient (Wildman–Crippen LogP) is 1.23. The topological polar surface area (TPSA) is 76.1 Å². The molecule has 1 atom stereocenters. The van der Waals surface area contributed by atoms with Crippen molar-refractivity contribution >= 4 is 34.8 Å². The molecule has 1 aliphatic heterocycles. The van der Waals surface area contributed by atoms with Crippen molar-refractivity contribution in [3.63, 3.8) is 0 Å². The van der Waals surface area contributed by atoms with Gasteiger partial charge in [0.2, 0.25) is 11.0 Å². The fraction of sp³-hybridized carbons (Fsp3) is 0.727. The molecule has 1 saturated heterocycles. The number of aryl methyl sites for hydroxylation is 1. The smallest absolute Gasteiger partial charge is 0.227 e. The molecular formula is C11H19ClN4O2S. The Kier molecular flexibility index (Phi) is 7.22. The lowest BCUT2D eigenvalue weighted by molar-refractivity contribution is -0.117. The standard InChI is InChI=1S/C11H18N4O2S.ClH/c1-2-3-10-14-15-11(18-10)13-9(16)6-8-7-17-5-4-12-8;/h8,12H,2-7H2,1H3,(H,13,15,16);1H. The third-order valence-electron chi connectivity index (χ3n) is 2.61. The Morgan fingerprint density at radius 2 is 2.42 bits per heavy atom. The van der Waals surface area contributed by atoms with Gasteiger partial charge in [-0.3, -0.25) is 4.79 Å². The van der Waals surface area contributed by atoms with Crippen molar-refractivity contribution in [2.24, 2.45) is 0 Å². The lowest BCUT2D eigenvalue weighted by atomic mass is 10.2. The summed E-state index contributed by atoms with van der Waals surface area (Å²) >= 11 is 1.44. The van der Waals surface area contributed by atoms with Crippen LogP contribution in [-0.4, -0.2) is 41.9 Å². The maximum atomic E-state index is 11.8. The summed E-state index contributed by atoms with van der Waals surface area (Å²) in [4.78, 5) is 11.8. The average Bonchev–Trinajstić information content (AvgIpc) is 2.78. The predicted molar refractivity (Wildman–Crippen MR) is 77.0 cm³/mol. The summed E-state index contributed by atoms with van der Waals surface area (Å²) < 4.78 is 5.30. The van der Waals surface area contributed by atoms with Crippen molar-refractivity contribution in [3.8, 4) is 0 Å². The molecule has 0 aliphatic carbocycles. The Labute approximate surface area is 122 Å². The van der Waals surface area contributed by atoms with Crippen LogP contribution in [0.1, 0.15) is 24.8 Å². The lowest BCUT2D eigenvalue weighted by Crippen LogP contribution is -2.43. The molecule has 6 nitrogen and oxygen atoms in total. The molecule has 108 valence electrons. The maximum absolute atomic E-state index is 11.8. The minimum atomic E-state index is -0.0443. The van der Waals surface area contributed by atoms with E-state index in [-0.39, 0.29) is 24.4 Å². The Morgan fingerprint density at radius 3 is 3.11 bits per heavy atom. The first-order chi connectivity index (χ1) is 8.78. The molecule has 8 heteroatoms. The van der Waals surface area contributed by atoms with E-state index < -0.39 is 0 Å². The fourth-order valence-corrected chi connectivity index (χ4v) is 2.62. The third kappa shape index (κ3) is 5.40. The highest BCUT2D eigenvalue weighted by Crippen LogP contribution is 2.16. The third-order valence-corrected chi connectivity index (χ3v) is 3.51. The quantitative estimate of drug-likeness (QED) is 0.855. The highest BCUT2D eigenvalue weighted by molar-refractivity contribution is 7.15. The normalized spacial score (nSPS) is 18.7. The number of amides is 1. The highest BCUT2D eigenvalue weighted by Gasteiger charge is 2.17. The summed E-state index contributed by atoms with van der Waals surface area (Å²) in [7, 11) is 0. The number of anilines is 1. The van der Waals surface area contributed by atoms with Crippen LogP contribution in [0.4, 0.5) is 5.13 Å². The molecule has 0 bridgehead atoms. The van der Waals surface area contributed by atoms with Crippen LogP contribution in [0.25, 0.3) is 0 Å². The number of hydrogen-bond acceptors (Lipinski definition) is 6. The molecule has 2 heterocycles. The Bertz CT molecular complexity index is 396. The number of carbonyl (C=O) groups excluding carboxylic acids is 1. The van der Waals surface area contributed by atoms with Crippen molar-refractivity contribution in [2.75, 3.05) is 25.1 Å². The zero-order valence-electron chi connectivity index (χ0n) is 10.8. The van der Waals surface area contributed by atoms with Crippen LogP contribution >= 0.6 is 23.7 Å². The number of halogens is 1. The van der Waals surface area contributed by atoms with Gasteiger partial charge in [0.05, 0.1) is 13.2 Å². The summed E-state index contributed by atoms with van der Waals surface area (Å²) in [5.41, 5.74) is 0. The highest BCUT2D eigenvalue weighted by atomic mass is 35.5. The van der Waals surface area contributed by atoms with Crippen molar-refractivity contribution in [2.45, 2.75) is 32.2 Å². The van der Waals surface area contributed by atoms with Crippen LogP contribution in [0.2, 0.25) is 0 Å². The first kappa shape index (κ1) is 16.3. The van der Waals surface area contributed by atoms with Gasteiger partial charge in [0, 0.05) is 25.4 Å². The first-order valence-corrected chi connectivity index (χ1v) is 7.03.